The van der Waals surface area contributed by atoms with Crippen molar-refractivity contribution in [3.63, 3.8) is 0 Å². The second-order valence-corrected chi connectivity index (χ2v) is 7.75. The van der Waals surface area contributed by atoms with E-state index in [9.17, 15) is 4.79 Å². The van der Waals surface area contributed by atoms with Crippen molar-refractivity contribution in [2.75, 3.05) is 17.7 Å². The third kappa shape index (κ3) is 5.15. The number of rotatable bonds is 6. The van der Waals surface area contributed by atoms with Gasteiger partial charge in [0.15, 0.2) is 5.82 Å². The third-order valence-electron chi connectivity index (χ3n) is 5.35. The van der Waals surface area contributed by atoms with Gasteiger partial charge in [-0.1, -0.05) is 0 Å². The molecule has 0 saturated carbocycles. The number of methoxy groups -OCH3 is 1. The van der Waals surface area contributed by atoms with E-state index >= 15 is 0 Å². The fourth-order valence-corrected chi connectivity index (χ4v) is 3.32. The van der Waals surface area contributed by atoms with Gasteiger partial charge in [0.2, 0.25) is 5.88 Å². The molecule has 2 aromatic heterocycles. The van der Waals surface area contributed by atoms with Gasteiger partial charge < -0.3 is 20.1 Å². The van der Waals surface area contributed by atoms with Crippen LogP contribution in [-0.4, -0.2) is 32.9 Å². The van der Waals surface area contributed by atoms with E-state index in [0.29, 0.717) is 34.6 Å². The number of ether oxygens (including phenoxy) is 2. The molecule has 0 spiro atoms. The molecule has 4 rings (SSSR count). The van der Waals surface area contributed by atoms with Gasteiger partial charge in [0.05, 0.1) is 12.8 Å². The van der Waals surface area contributed by atoms with Gasteiger partial charge in [-0.05, 0) is 81.8 Å². The summed E-state index contributed by atoms with van der Waals surface area (Å²) in [5, 5.41) is 10.1. The first-order valence-corrected chi connectivity index (χ1v) is 10.7. The van der Waals surface area contributed by atoms with E-state index in [1.54, 1.807) is 66.4 Å². The SMILES string of the molecule is COc1ccc(NC(=O)Nc2ccc(Oc3cc(-n4nc(C)c(C)c4C)nc(C)n3)cc2)cc1. The van der Waals surface area contributed by atoms with Crippen LogP contribution in [0.15, 0.2) is 54.6 Å². The molecule has 2 N–H and O–H groups in total. The van der Waals surface area contributed by atoms with Crippen LogP contribution in [-0.2, 0) is 0 Å². The van der Waals surface area contributed by atoms with Crippen LogP contribution in [0.25, 0.3) is 5.82 Å². The van der Waals surface area contributed by atoms with Crippen molar-refractivity contribution < 1.29 is 14.3 Å². The number of nitrogens with zero attached hydrogens (tertiary/aromatic N) is 4. The average Bonchev–Trinajstić information content (AvgIpc) is 3.08. The highest BCUT2D eigenvalue weighted by Gasteiger charge is 2.13. The monoisotopic (exact) mass is 458 g/mol. The lowest BCUT2D eigenvalue weighted by molar-refractivity contribution is 0.262. The normalized spacial score (nSPS) is 10.6. The number of anilines is 2. The van der Waals surface area contributed by atoms with Gasteiger partial charge in [-0.3, -0.25) is 0 Å². The quantitative estimate of drug-likeness (QED) is 0.404. The molecule has 4 aromatic rings. The molecule has 0 bridgehead atoms. The first-order chi connectivity index (χ1) is 16.3. The van der Waals surface area contributed by atoms with Crippen LogP contribution in [0, 0.1) is 27.7 Å². The number of carbonyl (C=O) groups is 1. The summed E-state index contributed by atoms with van der Waals surface area (Å²) in [6.45, 7) is 7.82. The number of hydrogen-bond acceptors (Lipinski definition) is 6. The molecular formula is C25H26N6O3. The Morgan fingerprint density at radius 2 is 1.44 bits per heavy atom. The van der Waals surface area contributed by atoms with E-state index in [0.717, 1.165) is 22.7 Å². The summed E-state index contributed by atoms with van der Waals surface area (Å²) >= 11 is 0. The summed E-state index contributed by atoms with van der Waals surface area (Å²) in [6.07, 6.45) is 0. The molecule has 0 saturated heterocycles. The Hall–Kier alpha value is -4.40. The number of aryl methyl sites for hydroxylation is 2. The van der Waals surface area contributed by atoms with E-state index in [2.05, 4.69) is 25.7 Å². The first kappa shape index (κ1) is 22.8. The van der Waals surface area contributed by atoms with Crippen molar-refractivity contribution in [1.29, 1.82) is 0 Å². The number of aromatic nitrogens is 4. The molecule has 0 atom stereocenters. The Morgan fingerprint density at radius 1 is 0.853 bits per heavy atom. The van der Waals surface area contributed by atoms with Crippen LogP contribution in [0.2, 0.25) is 0 Å². The standard InChI is InChI=1S/C25H26N6O3/c1-15-16(2)30-31(17(15)3)23-14-24(27-18(4)26-23)34-22-12-8-20(9-13-22)29-25(32)28-19-6-10-21(33-5)11-7-19/h6-14H,1-5H3,(H2,28,29,32). The highest BCUT2D eigenvalue weighted by Crippen LogP contribution is 2.24. The van der Waals surface area contributed by atoms with Gasteiger partial charge in [0, 0.05) is 23.1 Å². The molecule has 0 unspecified atom stereocenters. The van der Waals surface area contributed by atoms with E-state index in [1.165, 1.54) is 0 Å². The van der Waals surface area contributed by atoms with E-state index in [-0.39, 0.29) is 6.03 Å². The van der Waals surface area contributed by atoms with Crippen molar-refractivity contribution >= 4 is 17.4 Å². The molecule has 34 heavy (non-hydrogen) atoms. The maximum Gasteiger partial charge on any atom is 0.323 e. The van der Waals surface area contributed by atoms with Crippen LogP contribution in [0.5, 0.6) is 17.4 Å². The molecule has 0 aliphatic carbocycles. The van der Waals surface area contributed by atoms with Gasteiger partial charge >= 0.3 is 6.03 Å². The van der Waals surface area contributed by atoms with Crippen LogP contribution in [0.4, 0.5) is 16.2 Å². The lowest BCUT2D eigenvalue weighted by Gasteiger charge is -2.11. The van der Waals surface area contributed by atoms with Crippen LogP contribution in [0.3, 0.4) is 0 Å². The third-order valence-corrected chi connectivity index (χ3v) is 5.35. The molecule has 0 fully saturated rings. The van der Waals surface area contributed by atoms with Gasteiger partial charge in [-0.15, -0.1) is 0 Å². The average molecular weight is 459 g/mol. The number of benzene rings is 2. The minimum absolute atomic E-state index is 0.352. The van der Waals surface area contributed by atoms with E-state index in [4.69, 9.17) is 9.47 Å². The molecule has 0 radical (unpaired) electrons. The van der Waals surface area contributed by atoms with E-state index < -0.39 is 0 Å². The first-order valence-electron chi connectivity index (χ1n) is 10.7. The van der Waals surface area contributed by atoms with E-state index in [1.807, 2.05) is 27.7 Å². The Balaban J connectivity index is 1.42. The number of nitrogens with one attached hydrogen (secondary N) is 2. The minimum Gasteiger partial charge on any atom is -0.497 e. The maximum atomic E-state index is 12.3. The largest absolute Gasteiger partial charge is 0.497 e. The molecule has 0 aliphatic rings. The molecule has 9 nitrogen and oxygen atoms in total. The second-order valence-electron chi connectivity index (χ2n) is 7.75. The van der Waals surface area contributed by atoms with Crippen LogP contribution < -0.4 is 20.1 Å². The smallest absolute Gasteiger partial charge is 0.323 e. The fourth-order valence-electron chi connectivity index (χ4n) is 3.32. The highest BCUT2D eigenvalue weighted by atomic mass is 16.5. The zero-order valence-electron chi connectivity index (χ0n) is 19.7. The molecule has 9 heteroatoms. The summed E-state index contributed by atoms with van der Waals surface area (Å²) in [4.78, 5) is 21.1. The Labute approximate surface area is 197 Å². The molecule has 0 aliphatic heterocycles. The molecule has 174 valence electrons. The predicted molar refractivity (Wildman–Crippen MR) is 130 cm³/mol. The summed E-state index contributed by atoms with van der Waals surface area (Å²) in [6, 6.07) is 15.5. The highest BCUT2D eigenvalue weighted by molar-refractivity contribution is 5.99. The summed E-state index contributed by atoms with van der Waals surface area (Å²) in [5.74, 6) is 2.92. The van der Waals surface area contributed by atoms with Crippen molar-refractivity contribution in [1.82, 2.24) is 19.7 Å². The topological polar surface area (TPSA) is 103 Å². The predicted octanol–water partition coefficient (Wildman–Crippen LogP) is 5.34. The summed E-state index contributed by atoms with van der Waals surface area (Å²) in [5.41, 5.74) is 4.38. The lowest BCUT2D eigenvalue weighted by Crippen LogP contribution is -2.19. The molecule has 2 heterocycles. The number of hydrogen-bond donors (Lipinski definition) is 2. The van der Waals surface area contributed by atoms with Crippen molar-refractivity contribution in [2.45, 2.75) is 27.7 Å². The number of carbonyl (C=O) groups excluding carboxylic acids is 1. The Bertz CT molecular complexity index is 1310. The zero-order valence-corrected chi connectivity index (χ0v) is 19.7. The summed E-state index contributed by atoms with van der Waals surface area (Å²) in [7, 11) is 1.59. The fraction of sp³-hybridized carbons (Fsp3) is 0.200. The zero-order chi connectivity index (χ0) is 24.2. The lowest BCUT2D eigenvalue weighted by atomic mass is 10.2. The Kier molecular flexibility index (Phi) is 6.44. The Morgan fingerprint density at radius 3 is 1.97 bits per heavy atom. The molecule has 2 amide bonds. The maximum absolute atomic E-state index is 12.3. The molecular weight excluding hydrogens is 432 g/mol. The number of amides is 2. The second kappa shape index (κ2) is 9.62. The minimum atomic E-state index is -0.352. The van der Waals surface area contributed by atoms with Crippen molar-refractivity contribution in [3.8, 4) is 23.2 Å². The van der Waals surface area contributed by atoms with Crippen LogP contribution >= 0.6 is 0 Å². The number of urea groups is 1. The summed E-state index contributed by atoms with van der Waals surface area (Å²) < 4.78 is 12.9. The van der Waals surface area contributed by atoms with Crippen molar-refractivity contribution in [3.05, 3.63) is 77.4 Å². The van der Waals surface area contributed by atoms with Gasteiger partial charge in [-0.2, -0.15) is 10.1 Å². The van der Waals surface area contributed by atoms with Crippen molar-refractivity contribution in [2.24, 2.45) is 0 Å². The van der Waals surface area contributed by atoms with Gasteiger partial charge in [0.1, 0.15) is 17.3 Å². The van der Waals surface area contributed by atoms with Gasteiger partial charge in [0.25, 0.3) is 0 Å². The van der Waals surface area contributed by atoms with Crippen LogP contribution in [0.1, 0.15) is 22.8 Å². The molecule has 2 aromatic carbocycles. The van der Waals surface area contributed by atoms with Gasteiger partial charge in [-0.25, -0.2) is 14.5 Å².